The van der Waals surface area contributed by atoms with Gasteiger partial charge in [0.15, 0.2) is 0 Å². The van der Waals surface area contributed by atoms with Gasteiger partial charge < -0.3 is 18.9 Å². The summed E-state index contributed by atoms with van der Waals surface area (Å²) in [6.07, 6.45) is -0.841. The van der Waals surface area contributed by atoms with Crippen molar-refractivity contribution in [3.8, 4) is 11.5 Å². The molecule has 236 valence electrons. The second-order valence-electron chi connectivity index (χ2n) is 10.5. The third kappa shape index (κ3) is 7.46. The molecule has 1 aliphatic rings. The summed E-state index contributed by atoms with van der Waals surface area (Å²) in [7, 11) is 1.29. The number of anilines is 1. The normalized spacial score (nSPS) is 17.3. The van der Waals surface area contributed by atoms with Crippen molar-refractivity contribution in [2.45, 2.75) is 30.1 Å². The van der Waals surface area contributed by atoms with Crippen LogP contribution in [0.15, 0.2) is 103 Å². The summed E-state index contributed by atoms with van der Waals surface area (Å²) in [5, 5.41) is 10.4. The number of carbonyl (C=O) groups is 3. The fourth-order valence-electron chi connectivity index (χ4n) is 4.81. The van der Waals surface area contributed by atoms with E-state index in [4.69, 9.17) is 18.9 Å². The Morgan fingerprint density at radius 2 is 1.63 bits per heavy atom. The van der Waals surface area contributed by atoms with Crippen molar-refractivity contribution in [3.05, 3.63) is 130 Å². The Morgan fingerprint density at radius 1 is 0.935 bits per heavy atom. The van der Waals surface area contributed by atoms with Crippen molar-refractivity contribution < 1.29 is 38.3 Å². The summed E-state index contributed by atoms with van der Waals surface area (Å²) < 4.78 is 20.2. The summed E-state index contributed by atoms with van der Waals surface area (Å²) >= 11 is 1.40. The van der Waals surface area contributed by atoms with Gasteiger partial charge in [-0.15, -0.1) is 11.8 Å². The highest BCUT2D eigenvalue weighted by Crippen LogP contribution is 2.53. The lowest BCUT2D eigenvalue weighted by Crippen LogP contribution is -2.38. The molecule has 12 heteroatoms. The van der Waals surface area contributed by atoms with Gasteiger partial charge in [0.25, 0.3) is 5.69 Å². The summed E-state index contributed by atoms with van der Waals surface area (Å²) in [5.41, 5.74) is 2.53. The molecule has 46 heavy (non-hydrogen) atoms. The van der Waals surface area contributed by atoms with Crippen molar-refractivity contribution in [1.82, 2.24) is 0 Å². The van der Waals surface area contributed by atoms with Gasteiger partial charge >= 0.3 is 12.1 Å². The molecule has 0 spiro atoms. The second-order valence-corrected chi connectivity index (χ2v) is 12.0. The predicted molar refractivity (Wildman–Crippen MR) is 171 cm³/mol. The molecule has 1 saturated heterocycles. The minimum absolute atomic E-state index is 0.0843. The van der Waals surface area contributed by atoms with Gasteiger partial charge in [-0.1, -0.05) is 48.5 Å². The largest absolute Gasteiger partial charge is 0.513 e. The lowest BCUT2D eigenvalue weighted by Gasteiger charge is -2.25. The van der Waals surface area contributed by atoms with Crippen molar-refractivity contribution in [2.75, 3.05) is 18.6 Å². The molecule has 0 aliphatic carbocycles. The van der Waals surface area contributed by atoms with Gasteiger partial charge in [0, 0.05) is 24.2 Å². The van der Waals surface area contributed by atoms with Crippen molar-refractivity contribution >= 4 is 41.2 Å². The van der Waals surface area contributed by atoms with Gasteiger partial charge in [-0.3, -0.25) is 19.8 Å². The van der Waals surface area contributed by atoms with Crippen LogP contribution < -0.4 is 14.4 Å². The number of esters is 1. The maximum atomic E-state index is 14.1. The molecule has 0 radical (unpaired) electrons. The predicted octanol–water partition coefficient (Wildman–Crippen LogP) is 7.10. The van der Waals surface area contributed by atoms with Gasteiger partial charge in [0.1, 0.15) is 23.5 Å². The first-order valence-corrected chi connectivity index (χ1v) is 15.1. The molecule has 2 atom stereocenters. The zero-order chi connectivity index (χ0) is 32.7. The van der Waals surface area contributed by atoms with E-state index in [9.17, 15) is 24.5 Å². The van der Waals surface area contributed by atoms with E-state index in [1.165, 1.54) is 43.1 Å². The van der Waals surface area contributed by atoms with Crippen LogP contribution in [0.1, 0.15) is 40.2 Å². The number of nitrogens with zero attached hydrogens (tertiary/aromatic N) is 2. The minimum Gasteiger partial charge on any atom is -0.489 e. The van der Waals surface area contributed by atoms with Crippen LogP contribution in [0.3, 0.4) is 0 Å². The Kier molecular flexibility index (Phi) is 9.87. The highest BCUT2D eigenvalue weighted by molar-refractivity contribution is 8.02. The number of rotatable bonds is 11. The standard InChI is InChI=1S/C34H30N2O9S/c1-34(19-20-43-33(39)45-29-17-13-26(14-18-29)36(40)41)32(38)35(27-10-6-9-25(21-27)31(37)42-2)30(46-34)24-11-15-28(16-12-24)44-22-23-7-4-3-5-8-23/h3-18,21,30H,19-20,22H2,1-2H3. The van der Waals surface area contributed by atoms with Crippen LogP contribution >= 0.6 is 11.8 Å². The van der Waals surface area contributed by atoms with Gasteiger partial charge in [-0.25, -0.2) is 9.59 Å². The Balaban J connectivity index is 1.31. The van der Waals surface area contributed by atoms with Crippen LogP contribution in [0.25, 0.3) is 0 Å². The lowest BCUT2D eigenvalue weighted by atomic mass is 10.0. The fourth-order valence-corrected chi connectivity index (χ4v) is 6.32. The van der Waals surface area contributed by atoms with Gasteiger partial charge in [0.2, 0.25) is 5.91 Å². The molecule has 1 amide bonds. The molecular formula is C34H30N2O9S. The first kappa shape index (κ1) is 32.0. The third-order valence-corrected chi connectivity index (χ3v) is 8.89. The first-order chi connectivity index (χ1) is 22.2. The number of carbonyl (C=O) groups excluding carboxylic acids is 3. The molecule has 4 aromatic rings. The maximum absolute atomic E-state index is 14.1. The molecule has 1 heterocycles. The monoisotopic (exact) mass is 642 g/mol. The maximum Gasteiger partial charge on any atom is 0.513 e. The molecule has 4 aromatic carbocycles. The smallest absolute Gasteiger partial charge is 0.489 e. The number of ether oxygens (including phenoxy) is 4. The molecule has 0 N–H and O–H groups in total. The molecule has 1 fully saturated rings. The number of amides is 1. The van der Waals surface area contributed by atoms with E-state index in [0.29, 0.717) is 23.6 Å². The fraction of sp³-hybridized carbons (Fsp3) is 0.206. The molecule has 0 bridgehead atoms. The highest BCUT2D eigenvalue weighted by atomic mass is 32.2. The first-order valence-electron chi connectivity index (χ1n) is 14.2. The highest BCUT2D eigenvalue weighted by Gasteiger charge is 2.50. The van der Waals surface area contributed by atoms with E-state index < -0.39 is 27.2 Å². The molecule has 0 aromatic heterocycles. The quantitative estimate of drug-likeness (QED) is 0.0721. The summed E-state index contributed by atoms with van der Waals surface area (Å²) in [4.78, 5) is 50.6. The van der Waals surface area contributed by atoms with E-state index in [-0.39, 0.29) is 30.4 Å². The van der Waals surface area contributed by atoms with E-state index in [0.717, 1.165) is 11.1 Å². The van der Waals surface area contributed by atoms with Crippen LogP contribution in [0.5, 0.6) is 11.5 Å². The zero-order valence-electron chi connectivity index (χ0n) is 25.0. The average Bonchev–Trinajstić information content (AvgIpc) is 3.34. The van der Waals surface area contributed by atoms with Crippen molar-refractivity contribution in [1.29, 1.82) is 0 Å². The van der Waals surface area contributed by atoms with E-state index in [2.05, 4.69) is 0 Å². The summed E-state index contributed by atoms with van der Waals surface area (Å²) in [5.74, 6) is -0.00789. The van der Waals surface area contributed by atoms with Crippen LogP contribution in [-0.4, -0.2) is 41.4 Å². The van der Waals surface area contributed by atoms with Crippen LogP contribution in [0, 0.1) is 10.1 Å². The number of nitro groups is 1. The third-order valence-electron chi connectivity index (χ3n) is 7.28. The van der Waals surface area contributed by atoms with E-state index >= 15 is 0 Å². The Labute approximate surface area is 269 Å². The second kappa shape index (κ2) is 14.2. The Morgan fingerprint density at radius 3 is 2.30 bits per heavy atom. The molecule has 5 rings (SSSR count). The Hall–Kier alpha value is -5.36. The Bertz CT molecular complexity index is 1720. The summed E-state index contributed by atoms with van der Waals surface area (Å²) in [6.45, 7) is 2.06. The van der Waals surface area contributed by atoms with Crippen LogP contribution in [0.4, 0.5) is 16.2 Å². The van der Waals surface area contributed by atoms with E-state index in [1.54, 1.807) is 36.1 Å². The number of thioether (sulfide) groups is 1. The number of benzene rings is 4. The van der Waals surface area contributed by atoms with Gasteiger partial charge in [0.05, 0.1) is 29.0 Å². The molecular weight excluding hydrogens is 612 g/mol. The topological polar surface area (TPSA) is 135 Å². The van der Waals surface area contributed by atoms with Gasteiger partial charge in [-0.2, -0.15) is 0 Å². The van der Waals surface area contributed by atoms with Crippen molar-refractivity contribution in [3.63, 3.8) is 0 Å². The van der Waals surface area contributed by atoms with Crippen LogP contribution in [-0.2, 0) is 20.9 Å². The summed E-state index contributed by atoms with van der Waals surface area (Å²) in [6, 6.07) is 28.9. The molecule has 0 saturated carbocycles. The van der Waals surface area contributed by atoms with E-state index in [1.807, 2.05) is 54.6 Å². The molecule has 11 nitrogen and oxygen atoms in total. The number of methoxy groups -OCH3 is 1. The van der Waals surface area contributed by atoms with Crippen molar-refractivity contribution in [2.24, 2.45) is 0 Å². The number of non-ortho nitro benzene ring substituents is 1. The van der Waals surface area contributed by atoms with Gasteiger partial charge in [-0.05, 0) is 60.5 Å². The SMILES string of the molecule is COC(=O)c1cccc(N2C(=O)C(C)(CCOC(=O)Oc3ccc([N+](=O)[O-])cc3)SC2c2ccc(OCc3ccccc3)cc2)c1. The molecule has 2 unspecified atom stereocenters. The number of nitro benzene ring substituents is 1. The zero-order valence-corrected chi connectivity index (χ0v) is 25.8. The number of hydrogen-bond acceptors (Lipinski definition) is 10. The van der Waals surface area contributed by atoms with Crippen LogP contribution in [0.2, 0.25) is 0 Å². The number of hydrogen-bond donors (Lipinski definition) is 0. The lowest BCUT2D eigenvalue weighted by molar-refractivity contribution is -0.384. The average molecular weight is 643 g/mol. The minimum atomic E-state index is -1.01. The molecule has 1 aliphatic heterocycles.